The SMILES string of the molecule is O=S(=O)(N/N=C\c1cc2ccccc2nc1Cl)c1ccccc1. The predicted octanol–water partition coefficient (Wildman–Crippen LogP) is 3.20. The van der Waals surface area contributed by atoms with E-state index in [1.54, 1.807) is 24.3 Å². The fourth-order valence-electron chi connectivity index (χ4n) is 2.02. The maximum Gasteiger partial charge on any atom is 0.276 e. The fourth-order valence-corrected chi connectivity index (χ4v) is 3.02. The van der Waals surface area contributed by atoms with Gasteiger partial charge in [0.2, 0.25) is 0 Å². The van der Waals surface area contributed by atoms with Crippen molar-refractivity contribution in [2.45, 2.75) is 4.90 Å². The molecule has 0 fully saturated rings. The molecule has 0 amide bonds. The molecule has 0 atom stereocenters. The highest BCUT2D eigenvalue weighted by molar-refractivity contribution is 7.89. The van der Waals surface area contributed by atoms with Crippen molar-refractivity contribution < 1.29 is 8.42 Å². The van der Waals surface area contributed by atoms with Crippen LogP contribution in [0, 0.1) is 0 Å². The van der Waals surface area contributed by atoms with Crippen molar-refractivity contribution in [2.24, 2.45) is 5.10 Å². The van der Waals surface area contributed by atoms with Gasteiger partial charge in [-0.05, 0) is 24.3 Å². The number of hydrazone groups is 1. The fraction of sp³-hybridized carbons (Fsp3) is 0. The van der Waals surface area contributed by atoms with Gasteiger partial charge >= 0.3 is 0 Å². The Labute approximate surface area is 138 Å². The highest BCUT2D eigenvalue weighted by Gasteiger charge is 2.11. The van der Waals surface area contributed by atoms with Gasteiger partial charge in [0, 0.05) is 10.9 Å². The summed E-state index contributed by atoms with van der Waals surface area (Å²) >= 11 is 6.09. The highest BCUT2D eigenvalue weighted by atomic mass is 35.5. The normalized spacial score (nSPS) is 11.9. The number of nitrogens with one attached hydrogen (secondary N) is 1. The van der Waals surface area contributed by atoms with Gasteiger partial charge in [-0.1, -0.05) is 48.0 Å². The molecule has 7 heteroatoms. The van der Waals surface area contributed by atoms with E-state index < -0.39 is 10.0 Å². The van der Waals surface area contributed by atoms with Crippen LogP contribution in [-0.4, -0.2) is 19.6 Å². The number of benzene rings is 2. The van der Waals surface area contributed by atoms with Crippen molar-refractivity contribution in [1.82, 2.24) is 9.82 Å². The molecule has 0 aliphatic heterocycles. The number of hydrogen-bond donors (Lipinski definition) is 1. The maximum absolute atomic E-state index is 12.0. The quantitative estimate of drug-likeness (QED) is 0.448. The Morgan fingerprint density at radius 1 is 1.04 bits per heavy atom. The molecule has 0 aliphatic rings. The zero-order chi connectivity index (χ0) is 16.3. The van der Waals surface area contributed by atoms with Crippen LogP contribution in [0.4, 0.5) is 0 Å². The summed E-state index contributed by atoms with van der Waals surface area (Å²) in [7, 11) is -3.70. The largest absolute Gasteiger partial charge is 0.276 e. The molecule has 23 heavy (non-hydrogen) atoms. The number of halogens is 1. The molecule has 1 aromatic heterocycles. The van der Waals surface area contributed by atoms with E-state index in [2.05, 4.69) is 14.9 Å². The van der Waals surface area contributed by atoms with Gasteiger partial charge in [-0.3, -0.25) is 0 Å². The third-order valence-electron chi connectivity index (χ3n) is 3.13. The summed E-state index contributed by atoms with van der Waals surface area (Å²) in [5.41, 5.74) is 1.29. The Hall–Kier alpha value is -2.44. The smallest absolute Gasteiger partial charge is 0.235 e. The van der Waals surface area contributed by atoms with Crippen LogP contribution in [-0.2, 0) is 10.0 Å². The second kappa shape index (κ2) is 6.36. The monoisotopic (exact) mass is 345 g/mol. The molecule has 2 aromatic carbocycles. The van der Waals surface area contributed by atoms with Crippen LogP contribution < -0.4 is 4.83 Å². The number of fused-ring (bicyclic) bond motifs is 1. The molecule has 3 aromatic rings. The lowest BCUT2D eigenvalue weighted by molar-refractivity contribution is 0.584. The van der Waals surface area contributed by atoms with Crippen molar-refractivity contribution in [1.29, 1.82) is 0 Å². The standard InChI is InChI=1S/C16H12ClN3O2S/c17-16-13(10-12-6-4-5-9-15(12)19-16)11-18-20-23(21,22)14-7-2-1-3-8-14/h1-11,20H/b18-11-. The maximum atomic E-state index is 12.0. The molecule has 0 bridgehead atoms. The zero-order valence-electron chi connectivity index (χ0n) is 11.8. The number of hydrogen-bond acceptors (Lipinski definition) is 4. The minimum absolute atomic E-state index is 0.139. The summed E-state index contributed by atoms with van der Waals surface area (Å²) in [5, 5.41) is 4.92. The molecule has 1 heterocycles. The summed E-state index contributed by atoms with van der Waals surface area (Å²) in [6, 6.07) is 17.3. The minimum Gasteiger partial charge on any atom is -0.235 e. The molecule has 0 aliphatic carbocycles. The molecule has 0 saturated heterocycles. The summed E-state index contributed by atoms with van der Waals surface area (Å²) < 4.78 is 24.1. The van der Waals surface area contributed by atoms with Crippen LogP contribution in [0.5, 0.6) is 0 Å². The van der Waals surface area contributed by atoms with Crippen LogP contribution in [0.15, 0.2) is 70.7 Å². The first-order valence-corrected chi connectivity index (χ1v) is 8.57. The van der Waals surface area contributed by atoms with Crippen LogP contribution in [0.1, 0.15) is 5.56 Å². The first-order chi connectivity index (χ1) is 11.1. The van der Waals surface area contributed by atoms with Gasteiger partial charge in [-0.15, -0.1) is 0 Å². The number of nitrogens with zero attached hydrogens (tertiary/aromatic N) is 2. The van der Waals surface area contributed by atoms with Crippen LogP contribution >= 0.6 is 11.6 Å². The number of rotatable bonds is 4. The van der Waals surface area contributed by atoms with E-state index in [1.165, 1.54) is 18.3 Å². The first-order valence-electron chi connectivity index (χ1n) is 6.71. The topological polar surface area (TPSA) is 71.4 Å². The highest BCUT2D eigenvalue weighted by Crippen LogP contribution is 2.19. The zero-order valence-corrected chi connectivity index (χ0v) is 13.4. The first kappa shape index (κ1) is 15.5. The van der Waals surface area contributed by atoms with Gasteiger partial charge < -0.3 is 0 Å². The molecule has 3 rings (SSSR count). The molecule has 1 N–H and O–H groups in total. The third kappa shape index (κ3) is 3.49. The van der Waals surface area contributed by atoms with Crippen LogP contribution in [0.2, 0.25) is 5.15 Å². The Kier molecular flexibility index (Phi) is 4.27. The number of aromatic nitrogens is 1. The average molecular weight is 346 g/mol. The number of pyridine rings is 1. The van der Waals surface area contributed by atoms with Crippen molar-refractivity contribution >= 4 is 38.7 Å². The van der Waals surface area contributed by atoms with Crippen molar-refractivity contribution in [2.75, 3.05) is 0 Å². The lowest BCUT2D eigenvalue weighted by atomic mass is 10.2. The van der Waals surface area contributed by atoms with E-state index in [-0.39, 0.29) is 10.0 Å². The van der Waals surface area contributed by atoms with E-state index in [0.29, 0.717) is 5.56 Å². The molecule has 0 radical (unpaired) electrons. The number of para-hydroxylation sites is 1. The second-order valence-electron chi connectivity index (χ2n) is 4.73. The molecule has 0 unspecified atom stereocenters. The van der Waals surface area contributed by atoms with Gasteiger partial charge in [0.15, 0.2) is 0 Å². The van der Waals surface area contributed by atoms with E-state index in [0.717, 1.165) is 10.9 Å². The van der Waals surface area contributed by atoms with Crippen molar-refractivity contribution in [3.05, 3.63) is 71.4 Å². The van der Waals surface area contributed by atoms with Crippen molar-refractivity contribution in [3.8, 4) is 0 Å². The molecular formula is C16H12ClN3O2S. The third-order valence-corrected chi connectivity index (χ3v) is 4.68. The minimum atomic E-state index is -3.70. The average Bonchev–Trinajstić information content (AvgIpc) is 2.56. The van der Waals surface area contributed by atoms with Gasteiger partial charge in [0.05, 0.1) is 16.6 Å². The lowest BCUT2D eigenvalue weighted by Crippen LogP contribution is -2.18. The summed E-state index contributed by atoms with van der Waals surface area (Å²) in [6.45, 7) is 0. The Balaban J connectivity index is 1.85. The molecular weight excluding hydrogens is 334 g/mol. The Morgan fingerprint density at radius 2 is 1.74 bits per heavy atom. The predicted molar refractivity (Wildman–Crippen MR) is 91.1 cm³/mol. The number of sulfonamides is 1. The molecule has 0 saturated carbocycles. The molecule has 116 valence electrons. The van der Waals surface area contributed by atoms with E-state index in [4.69, 9.17) is 11.6 Å². The van der Waals surface area contributed by atoms with E-state index in [1.807, 2.05) is 24.3 Å². The van der Waals surface area contributed by atoms with Crippen molar-refractivity contribution in [3.63, 3.8) is 0 Å². The van der Waals surface area contributed by atoms with E-state index in [9.17, 15) is 8.42 Å². The van der Waals surface area contributed by atoms with Crippen LogP contribution in [0.3, 0.4) is 0 Å². The summed E-state index contributed by atoms with van der Waals surface area (Å²) in [5.74, 6) is 0. The molecule has 0 spiro atoms. The summed E-state index contributed by atoms with van der Waals surface area (Å²) in [6.07, 6.45) is 1.34. The van der Waals surface area contributed by atoms with Gasteiger partial charge in [0.25, 0.3) is 10.0 Å². The lowest BCUT2D eigenvalue weighted by Gasteiger charge is -2.04. The molecule has 5 nitrogen and oxygen atoms in total. The second-order valence-corrected chi connectivity index (χ2v) is 6.75. The van der Waals surface area contributed by atoms with Gasteiger partial charge in [-0.2, -0.15) is 13.5 Å². The summed E-state index contributed by atoms with van der Waals surface area (Å²) in [4.78, 5) is 6.54. The van der Waals surface area contributed by atoms with E-state index >= 15 is 0 Å². The van der Waals surface area contributed by atoms with Gasteiger partial charge in [0.1, 0.15) is 5.15 Å². The van der Waals surface area contributed by atoms with Gasteiger partial charge in [-0.25, -0.2) is 9.82 Å². The Morgan fingerprint density at radius 3 is 2.52 bits per heavy atom. The van der Waals surface area contributed by atoms with Crippen LogP contribution in [0.25, 0.3) is 10.9 Å². The Bertz CT molecular complexity index is 973.